The number of hydrogen-bond donors (Lipinski definition) is 3. The molecule has 1 amide bonds. The van der Waals surface area contributed by atoms with Crippen LogP contribution in [0.2, 0.25) is 0 Å². The molecule has 1 aliphatic heterocycles. The fourth-order valence-corrected chi connectivity index (χ4v) is 4.63. The van der Waals surface area contributed by atoms with E-state index < -0.39 is 30.2 Å². The molecule has 4 rings (SSSR count). The third kappa shape index (κ3) is 6.31. The molecule has 0 spiro atoms. The number of amides is 1. The van der Waals surface area contributed by atoms with E-state index in [1.54, 1.807) is 27.8 Å². The van der Waals surface area contributed by atoms with Crippen LogP contribution in [0.1, 0.15) is 23.4 Å². The van der Waals surface area contributed by atoms with Crippen molar-refractivity contribution >= 4 is 11.9 Å². The third-order valence-corrected chi connectivity index (χ3v) is 6.77. The fraction of sp³-hybridized carbons (Fsp3) is 0.481. The predicted octanol–water partition coefficient (Wildman–Crippen LogP) is 3.41. The molecule has 1 saturated heterocycles. The number of hydrogen-bond acceptors (Lipinski definition) is 10. The van der Waals surface area contributed by atoms with Crippen molar-refractivity contribution in [3.63, 3.8) is 0 Å². The molecule has 11 nitrogen and oxygen atoms in total. The molecule has 3 N–H and O–H groups in total. The summed E-state index contributed by atoms with van der Waals surface area (Å²) in [6.07, 6.45) is -2.43. The Kier molecular flexibility index (Phi) is 9.15. The van der Waals surface area contributed by atoms with Gasteiger partial charge in [-0.3, -0.25) is 0 Å². The zero-order valence-electron chi connectivity index (χ0n) is 23.1. The number of likely N-dealkylation sites (N-methyl/N-ethyl adjacent to an activating group) is 1. The molecule has 1 aromatic carbocycles. The fourth-order valence-electron chi connectivity index (χ4n) is 4.63. The van der Waals surface area contributed by atoms with Gasteiger partial charge in [-0.2, -0.15) is 0 Å². The Morgan fingerprint density at radius 2 is 2.08 bits per heavy atom. The second-order valence-corrected chi connectivity index (χ2v) is 9.70. The van der Waals surface area contributed by atoms with Crippen LogP contribution in [-0.4, -0.2) is 89.9 Å². The standard InChI is InChI=1S/C27H34F2N6O5/c1-14-24(23-15(2)34-40-16(23)3)32-26(19-10-18(6-7-20(19)28)39-13-17(36)11-30-4)33-25(14)31-22-8-9-35(12-21(22)29)27(37)38-5/h6-7,10,17,21-22,30,36H,8-9,11-13H2,1-5H3,(H,31,32,33)/t17-,21+,22-/m0/s1. The van der Waals surface area contributed by atoms with Crippen LogP contribution < -0.4 is 15.4 Å². The Balaban J connectivity index is 1.72. The summed E-state index contributed by atoms with van der Waals surface area (Å²) in [5.41, 5.74) is 2.34. The zero-order chi connectivity index (χ0) is 29.0. The average Bonchev–Trinajstić information content (AvgIpc) is 3.27. The van der Waals surface area contributed by atoms with Crippen molar-refractivity contribution < 1.29 is 32.7 Å². The van der Waals surface area contributed by atoms with Gasteiger partial charge in [0.25, 0.3) is 0 Å². The van der Waals surface area contributed by atoms with Gasteiger partial charge in [-0.1, -0.05) is 5.16 Å². The summed E-state index contributed by atoms with van der Waals surface area (Å²) in [7, 11) is 2.97. The van der Waals surface area contributed by atoms with Gasteiger partial charge in [0.15, 0.2) is 5.82 Å². The van der Waals surface area contributed by atoms with Crippen LogP contribution in [0.3, 0.4) is 0 Å². The van der Waals surface area contributed by atoms with Crippen molar-refractivity contribution in [3.05, 3.63) is 41.0 Å². The summed E-state index contributed by atoms with van der Waals surface area (Å²) in [5.74, 6) is 0.612. The topological polar surface area (TPSA) is 135 Å². The molecule has 1 aliphatic rings. The lowest BCUT2D eigenvalue weighted by Gasteiger charge is -2.34. The van der Waals surface area contributed by atoms with Crippen molar-refractivity contribution in [1.29, 1.82) is 0 Å². The predicted molar refractivity (Wildman–Crippen MR) is 143 cm³/mol. The van der Waals surface area contributed by atoms with E-state index in [9.17, 15) is 9.90 Å². The van der Waals surface area contributed by atoms with Crippen LogP contribution in [-0.2, 0) is 4.74 Å². The van der Waals surface area contributed by atoms with E-state index in [4.69, 9.17) is 14.0 Å². The Morgan fingerprint density at radius 3 is 2.73 bits per heavy atom. The van der Waals surface area contributed by atoms with E-state index in [1.165, 1.54) is 30.2 Å². The van der Waals surface area contributed by atoms with Crippen molar-refractivity contribution in [1.82, 2.24) is 25.3 Å². The number of aliphatic hydroxyl groups is 1. The number of aliphatic hydroxyl groups excluding tert-OH is 1. The van der Waals surface area contributed by atoms with E-state index >= 15 is 8.78 Å². The highest BCUT2D eigenvalue weighted by Crippen LogP contribution is 2.35. The van der Waals surface area contributed by atoms with Gasteiger partial charge in [-0.15, -0.1) is 0 Å². The third-order valence-electron chi connectivity index (χ3n) is 6.77. The summed E-state index contributed by atoms with van der Waals surface area (Å²) < 4.78 is 46.1. The first-order valence-corrected chi connectivity index (χ1v) is 12.9. The normalized spacial score (nSPS) is 17.9. The Hall–Kier alpha value is -3.84. The minimum Gasteiger partial charge on any atom is -0.491 e. The number of rotatable bonds is 9. The van der Waals surface area contributed by atoms with Crippen LogP contribution in [0.25, 0.3) is 22.6 Å². The molecule has 13 heteroatoms. The van der Waals surface area contributed by atoms with Crippen molar-refractivity contribution in [3.8, 4) is 28.4 Å². The summed E-state index contributed by atoms with van der Waals surface area (Å²) in [6.45, 7) is 5.79. The molecule has 3 heterocycles. The zero-order valence-corrected chi connectivity index (χ0v) is 23.1. The van der Waals surface area contributed by atoms with Gasteiger partial charge in [-0.05, 0) is 52.4 Å². The van der Waals surface area contributed by atoms with Gasteiger partial charge in [0.1, 0.15) is 42.0 Å². The number of halogens is 2. The van der Waals surface area contributed by atoms with Crippen LogP contribution in [0.5, 0.6) is 5.75 Å². The minimum absolute atomic E-state index is 0.0000382. The van der Waals surface area contributed by atoms with Crippen LogP contribution in [0, 0.1) is 26.6 Å². The molecule has 0 aliphatic carbocycles. The Labute approximate surface area is 230 Å². The highest BCUT2D eigenvalue weighted by atomic mass is 19.1. The van der Waals surface area contributed by atoms with E-state index in [0.717, 1.165) is 0 Å². The second kappa shape index (κ2) is 12.6. The van der Waals surface area contributed by atoms with E-state index in [2.05, 4.69) is 25.8 Å². The molecule has 3 atom stereocenters. The summed E-state index contributed by atoms with van der Waals surface area (Å²) in [5, 5.41) is 20.0. The first-order valence-electron chi connectivity index (χ1n) is 12.9. The largest absolute Gasteiger partial charge is 0.491 e. The maximum absolute atomic E-state index is 15.2. The lowest BCUT2D eigenvalue weighted by atomic mass is 10.0. The number of piperidine rings is 1. The summed E-state index contributed by atoms with van der Waals surface area (Å²) in [6, 6.07) is 3.49. The molecule has 216 valence electrons. The van der Waals surface area contributed by atoms with Gasteiger partial charge in [0.05, 0.1) is 42.2 Å². The minimum atomic E-state index is -1.40. The molecule has 0 unspecified atom stereocenters. The molecule has 0 radical (unpaired) electrons. The number of likely N-dealkylation sites (tertiary alicyclic amines) is 1. The lowest BCUT2D eigenvalue weighted by Crippen LogP contribution is -2.50. The number of aryl methyl sites for hydroxylation is 2. The number of alkyl halides is 1. The lowest BCUT2D eigenvalue weighted by molar-refractivity contribution is 0.0871. The smallest absolute Gasteiger partial charge is 0.409 e. The van der Waals surface area contributed by atoms with Gasteiger partial charge in [0.2, 0.25) is 0 Å². The van der Waals surface area contributed by atoms with Gasteiger partial charge >= 0.3 is 6.09 Å². The molecule has 3 aromatic rings. The van der Waals surface area contributed by atoms with Gasteiger partial charge in [0, 0.05) is 18.7 Å². The average molecular weight is 561 g/mol. The summed E-state index contributed by atoms with van der Waals surface area (Å²) in [4.78, 5) is 22.5. The van der Waals surface area contributed by atoms with Crippen LogP contribution in [0.15, 0.2) is 22.7 Å². The van der Waals surface area contributed by atoms with Crippen molar-refractivity contribution in [2.45, 2.75) is 45.5 Å². The summed E-state index contributed by atoms with van der Waals surface area (Å²) >= 11 is 0. The Bertz CT molecular complexity index is 1330. The highest BCUT2D eigenvalue weighted by Gasteiger charge is 2.33. The molecule has 0 saturated carbocycles. The molecule has 1 fully saturated rings. The van der Waals surface area contributed by atoms with Crippen LogP contribution in [0.4, 0.5) is 19.4 Å². The van der Waals surface area contributed by atoms with E-state index in [1.807, 2.05) is 0 Å². The number of carbonyl (C=O) groups excluding carboxylic acids is 1. The van der Waals surface area contributed by atoms with Crippen molar-refractivity contribution in [2.24, 2.45) is 0 Å². The van der Waals surface area contributed by atoms with E-state index in [0.29, 0.717) is 59.4 Å². The number of aromatic nitrogens is 3. The maximum atomic E-state index is 15.2. The molecule has 0 bridgehead atoms. The number of nitrogens with one attached hydrogen (secondary N) is 2. The van der Waals surface area contributed by atoms with E-state index in [-0.39, 0.29) is 24.5 Å². The quantitative estimate of drug-likeness (QED) is 0.357. The monoisotopic (exact) mass is 560 g/mol. The van der Waals surface area contributed by atoms with Gasteiger partial charge in [-0.25, -0.2) is 23.5 Å². The number of carbonyl (C=O) groups is 1. The highest BCUT2D eigenvalue weighted by molar-refractivity contribution is 5.75. The number of ether oxygens (including phenoxy) is 2. The SMILES string of the molecule is CNC[C@H](O)COc1ccc(F)c(-c2nc(N[C@H]3CCN(C(=O)OC)C[C@H]3F)c(C)c(-c3c(C)noc3C)n2)c1. The molecular formula is C27H34F2N6O5. The Morgan fingerprint density at radius 1 is 1.30 bits per heavy atom. The van der Waals surface area contributed by atoms with Crippen LogP contribution >= 0.6 is 0 Å². The second-order valence-electron chi connectivity index (χ2n) is 9.70. The first-order chi connectivity index (χ1) is 19.1. The number of anilines is 1. The maximum Gasteiger partial charge on any atom is 0.409 e. The van der Waals surface area contributed by atoms with Gasteiger partial charge < -0.3 is 34.6 Å². The van der Waals surface area contributed by atoms with Crippen molar-refractivity contribution in [2.75, 3.05) is 45.7 Å². The number of benzene rings is 1. The molecular weight excluding hydrogens is 526 g/mol. The number of methoxy groups -OCH3 is 1. The number of nitrogens with zero attached hydrogens (tertiary/aromatic N) is 4. The molecule has 2 aromatic heterocycles. The molecule has 40 heavy (non-hydrogen) atoms. The first kappa shape index (κ1) is 29.2.